The van der Waals surface area contributed by atoms with Gasteiger partial charge in [-0.2, -0.15) is 0 Å². The highest BCUT2D eigenvalue weighted by Crippen LogP contribution is 2.27. The summed E-state index contributed by atoms with van der Waals surface area (Å²) in [6, 6.07) is 17.4. The van der Waals surface area contributed by atoms with E-state index >= 15 is 0 Å². The van der Waals surface area contributed by atoms with Crippen molar-refractivity contribution in [1.82, 2.24) is 0 Å². The first-order valence-corrected chi connectivity index (χ1v) is 6.52. The summed E-state index contributed by atoms with van der Waals surface area (Å²) in [6.45, 7) is 0. The largest absolute Gasteiger partial charge is 0.508 e. The van der Waals surface area contributed by atoms with Crippen LogP contribution in [0.4, 0.5) is 11.4 Å². The standard InChI is InChI=1S/C17H14N2O2.ClH/c18-13-5-1-4-12(9-13)17(21)19-16-6-2-3-11-7-8-14(20)10-15(11)16;/h1-10,20H,18H2,(H,19,21);1H. The molecule has 0 heterocycles. The number of rotatable bonds is 2. The van der Waals surface area contributed by atoms with Gasteiger partial charge in [0.1, 0.15) is 5.75 Å². The summed E-state index contributed by atoms with van der Waals surface area (Å²) in [5.41, 5.74) is 7.37. The predicted molar refractivity (Wildman–Crippen MR) is 91.7 cm³/mol. The van der Waals surface area contributed by atoms with Gasteiger partial charge in [0.2, 0.25) is 0 Å². The lowest BCUT2D eigenvalue weighted by Gasteiger charge is -2.09. The van der Waals surface area contributed by atoms with Crippen LogP contribution in [0.5, 0.6) is 5.75 Å². The van der Waals surface area contributed by atoms with Crippen LogP contribution < -0.4 is 11.1 Å². The number of benzene rings is 3. The summed E-state index contributed by atoms with van der Waals surface area (Å²) in [6.07, 6.45) is 0. The average Bonchev–Trinajstić information content (AvgIpc) is 2.48. The monoisotopic (exact) mass is 314 g/mol. The molecule has 0 aliphatic rings. The van der Waals surface area contributed by atoms with Gasteiger partial charge in [-0.25, -0.2) is 0 Å². The lowest BCUT2D eigenvalue weighted by atomic mass is 10.1. The maximum Gasteiger partial charge on any atom is 0.255 e. The zero-order chi connectivity index (χ0) is 14.8. The maximum absolute atomic E-state index is 12.3. The second kappa shape index (κ2) is 6.37. The Hall–Kier alpha value is -2.72. The number of halogens is 1. The first-order valence-electron chi connectivity index (χ1n) is 6.52. The second-order valence-corrected chi connectivity index (χ2v) is 4.79. The Kier molecular flexibility index (Phi) is 4.53. The van der Waals surface area contributed by atoms with Crippen LogP contribution >= 0.6 is 12.4 Å². The minimum absolute atomic E-state index is 0. The molecule has 3 aromatic carbocycles. The number of amides is 1. The number of nitrogens with one attached hydrogen (secondary N) is 1. The van der Waals surface area contributed by atoms with Gasteiger partial charge in [0, 0.05) is 22.3 Å². The van der Waals surface area contributed by atoms with Gasteiger partial charge in [-0.1, -0.05) is 24.3 Å². The molecule has 5 heteroatoms. The number of anilines is 2. The Bertz CT molecular complexity index is 834. The molecule has 0 atom stereocenters. The minimum atomic E-state index is -0.238. The van der Waals surface area contributed by atoms with Crippen LogP contribution in [0.3, 0.4) is 0 Å². The third kappa shape index (κ3) is 3.13. The van der Waals surface area contributed by atoms with E-state index in [2.05, 4.69) is 5.32 Å². The van der Waals surface area contributed by atoms with Gasteiger partial charge < -0.3 is 16.2 Å². The molecule has 0 radical (unpaired) electrons. The van der Waals surface area contributed by atoms with Crippen molar-refractivity contribution in [2.75, 3.05) is 11.1 Å². The molecule has 0 saturated carbocycles. The average molecular weight is 315 g/mol. The summed E-state index contributed by atoms with van der Waals surface area (Å²) < 4.78 is 0. The molecule has 22 heavy (non-hydrogen) atoms. The fourth-order valence-corrected chi connectivity index (χ4v) is 2.24. The minimum Gasteiger partial charge on any atom is -0.508 e. The van der Waals surface area contributed by atoms with E-state index in [-0.39, 0.29) is 24.1 Å². The third-order valence-electron chi connectivity index (χ3n) is 3.26. The van der Waals surface area contributed by atoms with Gasteiger partial charge in [-0.05, 0) is 41.8 Å². The first-order chi connectivity index (χ1) is 10.1. The zero-order valence-corrected chi connectivity index (χ0v) is 12.4. The molecule has 1 amide bonds. The van der Waals surface area contributed by atoms with Crippen molar-refractivity contribution in [3.8, 4) is 5.75 Å². The summed E-state index contributed by atoms with van der Waals surface area (Å²) in [7, 11) is 0. The Balaban J connectivity index is 0.00000176. The fourth-order valence-electron chi connectivity index (χ4n) is 2.24. The van der Waals surface area contributed by atoms with Crippen molar-refractivity contribution in [1.29, 1.82) is 0 Å². The van der Waals surface area contributed by atoms with E-state index < -0.39 is 0 Å². The number of phenolic OH excluding ortho intramolecular Hbond substituents is 1. The van der Waals surface area contributed by atoms with E-state index in [4.69, 9.17) is 5.73 Å². The molecule has 0 aliphatic carbocycles. The Labute approximate surface area is 134 Å². The third-order valence-corrected chi connectivity index (χ3v) is 3.26. The van der Waals surface area contributed by atoms with Crippen LogP contribution in [0.15, 0.2) is 60.7 Å². The van der Waals surface area contributed by atoms with Crippen molar-refractivity contribution in [3.05, 3.63) is 66.2 Å². The van der Waals surface area contributed by atoms with Crippen LogP contribution in [0.2, 0.25) is 0 Å². The van der Waals surface area contributed by atoms with Gasteiger partial charge in [0.15, 0.2) is 0 Å². The molecule has 4 nitrogen and oxygen atoms in total. The number of carbonyl (C=O) groups excluding carboxylic acids is 1. The summed E-state index contributed by atoms with van der Waals surface area (Å²) in [5, 5.41) is 14.2. The highest BCUT2D eigenvalue weighted by molar-refractivity contribution is 6.09. The highest BCUT2D eigenvalue weighted by Gasteiger charge is 2.09. The highest BCUT2D eigenvalue weighted by atomic mass is 35.5. The van der Waals surface area contributed by atoms with Crippen LogP contribution in [0.1, 0.15) is 10.4 Å². The molecule has 0 aromatic heterocycles. The second-order valence-electron chi connectivity index (χ2n) is 4.79. The SMILES string of the molecule is Cl.Nc1cccc(C(=O)Nc2cccc3ccc(O)cc23)c1. The van der Waals surface area contributed by atoms with Crippen molar-refractivity contribution in [2.45, 2.75) is 0 Å². The molecule has 3 rings (SSSR count). The molecule has 0 spiro atoms. The van der Waals surface area contributed by atoms with Gasteiger partial charge >= 0.3 is 0 Å². The van der Waals surface area contributed by atoms with E-state index in [1.165, 1.54) is 0 Å². The number of hydrogen-bond donors (Lipinski definition) is 3. The molecule has 0 unspecified atom stereocenters. The zero-order valence-electron chi connectivity index (χ0n) is 11.6. The van der Waals surface area contributed by atoms with Gasteiger partial charge in [0.25, 0.3) is 5.91 Å². The molecular weight excluding hydrogens is 300 g/mol. The Morgan fingerprint density at radius 3 is 2.55 bits per heavy atom. The molecule has 3 aromatic rings. The Morgan fingerprint density at radius 2 is 1.77 bits per heavy atom. The van der Waals surface area contributed by atoms with Crippen molar-refractivity contribution >= 4 is 40.5 Å². The van der Waals surface area contributed by atoms with E-state index in [9.17, 15) is 9.90 Å². The van der Waals surface area contributed by atoms with Crippen molar-refractivity contribution < 1.29 is 9.90 Å². The molecule has 0 aliphatic heterocycles. The topological polar surface area (TPSA) is 75.4 Å². The van der Waals surface area contributed by atoms with Crippen molar-refractivity contribution in [3.63, 3.8) is 0 Å². The van der Waals surface area contributed by atoms with Gasteiger partial charge in [0.05, 0.1) is 0 Å². The summed E-state index contributed by atoms with van der Waals surface area (Å²) in [5.74, 6) is -0.0775. The van der Waals surface area contributed by atoms with Gasteiger partial charge in [-0.15, -0.1) is 12.4 Å². The molecule has 0 bridgehead atoms. The predicted octanol–water partition coefficient (Wildman–Crippen LogP) is 3.80. The first kappa shape index (κ1) is 15.7. The van der Waals surface area contributed by atoms with Crippen LogP contribution in [-0.4, -0.2) is 11.0 Å². The van der Waals surface area contributed by atoms with Gasteiger partial charge in [-0.3, -0.25) is 4.79 Å². The van der Waals surface area contributed by atoms with E-state index in [0.717, 1.165) is 10.8 Å². The number of nitrogens with two attached hydrogens (primary N) is 1. The lowest BCUT2D eigenvalue weighted by Crippen LogP contribution is -2.12. The number of hydrogen-bond acceptors (Lipinski definition) is 3. The van der Waals surface area contributed by atoms with E-state index in [1.807, 2.05) is 12.1 Å². The molecule has 0 saturated heterocycles. The van der Waals surface area contributed by atoms with Crippen molar-refractivity contribution in [2.24, 2.45) is 0 Å². The van der Waals surface area contributed by atoms with Crippen LogP contribution in [0.25, 0.3) is 10.8 Å². The van der Waals surface area contributed by atoms with E-state index in [0.29, 0.717) is 16.9 Å². The molecule has 0 fully saturated rings. The number of aromatic hydroxyl groups is 1. The number of nitrogen functional groups attached to an aromatic ring is 1. The number of carbonyl (C=O) groups is 1. The Morgan fingerprint density at radius 1 is 1.00 bits per heavy atom. The molecule has 112 valence electrons. The molecular formula is C17H15ClN2O2. The smallest absolute Gasteiger partial charge is 0.255 e. The van der Waals surface area contributed by atoms with Crippen LogP contribution in [0, 0.1) is 0 Å². The fraction of sp³-hybridized carbons (Fsp3) is 0. The number of fused-ring (bicyclic) bond motifs is 1. The van der Waals surface area contributed by atoms with E-state index in [1.54, 1.807) is 48.5 Å². The normalized spacial score (nSPS) is 10.0. The van der Waals surface area contributed by atoms with Crippen LogP contribution in [-0.2, 0) is 0 Å². The number of phenols is 1. The lowest BCUT2D eigenvalue weighted by molar-refractivity contribution is 0.102. The quantitative estimate of drug-likeness (QED) is 0.630. The summed E-state index contributed by atoms with van der Waals surface area (Å²) >= 11 is 0. The summed E-state index contributed by atoms with van der Waals surface area (Å²) in [4.78, 5) is 12.3. The maximum atomic E-state index is 12.3. The molecule has 4 N–H and O–H groups in total.